The van der Waals surface area contributed by atoms with E-state index in [1.165, 1.54) is 0 Å². The van der Waals surface area contributed by atoms with E-state index in [0.29, 0.717) is 0 Å². The molecule has 0 aromatic heterocycles. The molecular formula is CaMgNO2Si. The number of nitrogens with zero attached hydrogens (tertiary/aromatic N) is 1. The summed E-state index contributed by atoms with van der Waals surface area (Å²) in [6.07, 6.45) is 0. The molecule has 0 heterocycles. The molecule has 0 N–H and O–H groups in total. The predicted molar refractivity (Wildman–Crippen MR) is 24.3 cm³/mol. The zero-order valence-corrected chi connectivity index (χ0v) is 7.80. The van der Waals surface area contributed by atoms with Gasteiger partial charge < -0.3 is 0 Å². The summed E-state index contributed by atoms with van der Waals surface area (Å²) in [4.78, 5) is 8.72. The Balaban J connectivity index is -0.0000000450. The van der Waals surface area contributed by atoms with Gasteiger partial charge in [0.15, 0.2) is 0 Å². The summed E-state index contributed by atoms with van der Waals surface area (Å²) in [5.74, 6) is 0. The standard InChI is InChI=1S/Ca.Mg.NO2Si/c;;2-1(3)4. The number of hydrogen-bond acceptors (Lipinski definition) is 2. The monoisotopic (exact) mass is 138 g/mol. The molecule has 0 unspecified atom stereocenters. The van der Waals surface area contributed by atoms with Crippen LogP contribution in [0.5, 0.6) is 0 Å². The van der Waals surface area contributed by atoms with Crippen LogP contribution in [-0.4, -0.2) is 75.8 Å². The van der Waals surface area contributed by atoms with Gasteiger partial charge in [-0.05, 0) is 4.59 Å². The Bertz CT molecular complexity index is 36.5. The summed E-state index contributed by atoms with van der Waals surface area (Å²) in [7, 11) is 2.03. The van der Waals surface area contributed by atoms with Crippen molar-refractivity contribution >= 4 is 71.2 Å². The molecule has 0 aromatic carbocycles. The molecule has 0 aliphatic rings. The van der Waals surface area contributed by atoms with Crippen LogP contribution < -0.4 is 0 Å². The van der Waals surface area contributed by atoms with Gasteiger partial charge in [-0.1, -0.05) is 0 Å². The summed E-state index contributed by atoms with van der Waals surface area (Å²) in [5, 5.41) is 8.72. The molecule has 0 fully saturated rings. The van der Waals surface area contributed by atoms with Crippen LogP contribution in [0.3, 0.4) is 0 Å². The van der Waals surface area contributed by atoms with Crippen LogP contribution in [-0.2, 0) is 0 Å². The second kappa shape index (κ2) is 9.81. The summed E-state index contributed by atoms with van der Waals surface area (Å²) in [6, 6.07) is 0. The minimum absolute atomic E-state index is 0. The molecule has 0 aliphatic heterocycles. The summed E-state index contributed by atoms with van der Waals surface area (Å²) < 4.78 is -0.694. The molecule has 0 rings (SSSR count). The van der Waals surface area contributed by atoms with Gasteiger partial charge in [-0.25, -0.2) is 0 Å². The number of nitro groups is 1. The fourth-order valence-electron chi connectivity index (χ4n) is 0. The Morgan fingerprint density at radius 2 is 1.67 bits per heavy atom. The Morgan fingerprint density at radius 1 is 1.67 bits per heavy atom. The zero-order chi connectivity index (χ0) is 3.58. The molecule has 0 spiro atoms. The van der Waals surface area contributed by atoms with Crippen LogP contribution in [0.25, 0.3) is 0 Å². The second-order valence-electron chi connectivity index (χ2n) is 0.257. The largest absolute Gasteiger partial charge is 0.627 e. The first-order valence-corrected chi connectivity index (χ1v) is 1.04. The van der Waals surface area contributed by atoms with Crippen molar-refractivity contribution in [3.05, 3.63) is 10.1 Å². The van der Waals surface area contributed by atoms with Crippen molar-refractivity contribution in [2.75, 3.05) is 0 Å². The average Bonchev–Trinajstić information content (AvgIpc) is 0.811. The first kappa shape index (κ1) is 15.6. The van der Waals surface area contributed by atoms with E-state index < -0.39 is 4.59 Å². The summed E-state index contributed by atoms with van der Waals surface area (Å²) in [5.41, 5.74) is 0. The number of rotatable bonds is 0. The van der Waals surface area contributed by atoms with E-state index in [-0.39, 0.29) is 60.8 Å². The molecule has 7 radical (unpaired) electrons. The molecule has 6 heavy (non-hydrogen) atoms. The third-order valence-corrected chi connectivity index (χ3v) is 0. The Labute approximate surface area is 84.7 Å². The van der Waals surface area contributed by atoms with Crippen molar-refractivity contribution in [3.8, 4) is 0 Å². The minimum Gasteiger partial charge on any atom is -0.290 e. The van der Waals surface area contributed by atoms with E-state index in [0.717, 1.165) is 0 Å². The molecule has 0 aliphatic carbocycles. The number of hydrogen-bond donors (Lipinski definition) is 0. The van der Waals surface area contributed by atoms with Gasteiger partial charge in [0, 0.05) is 60.8 Å². The normalized spacial score (nSPS) is 4.17. The van der Waals surface area contributed by atoms with Crippen LogP contribution in [0.1, 0.15) is 0 Å². The third-order valence-electron chi connectivity index (χ3n) is 0. The summed E-state index contributed by atoms with van der Waals surface area (Å²) in [6.45, 7) is 0. The minimum atomic E-state index is -0.694. The molecule has 25 valence electrons. The van der Waals surface area contributed by atoms with Gasteiger partial charge >= 0.3 is 10.4 Å². The molecule has 6 heteroatoms. The maximum absolute atomic E-state index is 8.72. The Kier molecular flexibility index (Phi) is 25.6. The van der Waals surface area contributed by atoms with Crippen LogP contribution in [0, 0.1) is 10.1 Å². The molecule has 0 saturated carbocycles. The van der Waals surface area contributed by atoms with Crippen molar-refractivity contribution in [3.63, 3.8) is 0 Å². The van der Waals surface area contributed by atoms with Crippen LogP contribution in [0.4, 0.5) is 0 Å². The maximum Gasteiger partial charge on any atom is 0.627 e. The van der Waals surface area contributed by atoms with Crippen LogP contribution in [0.2, 0.25) is 0 Å². The molecule has 0 aromatic rings. The van der Waals surface area contributed by atoms with Crippen molar-refractivity contribution in [1.29, 1.82) is 0 Å². The topological polar surface area (TPSA) is 43.1 Å². The van der Waals surface area contributed by atoms with E-state index in [1.807, 2.05) is 10.4 Å². The fourth-order valence-corrected chi connectivity index (χ4v) is 0. The van der Waals surface area contributed by atoms with Gasteiger partial charge in [0.2, 0.25) is 0 Å². The smallest absolute Gasteiger partial charge is 0.290 e. The van der Waals surface area contributed by atoms with Gasteiger partial charge in [0.25, 0.3) is 0 Å². The first-order valence-electron chi connectivity index (χ1n) is 0.589. The Hall–Kier alpha value is 1.64. The van der Waals surface area contributed by atoms with Gasteiger partial charge in [-0.15, -0.1) is 0 Å². The molecule has 0 saturated heterocycles. The van der Waals surface area contributed by atoms with Crippen molar-refractivity contribution in [2.45, 2.75) is 0 Å². The van der Waals surface area contributed by atoms with E-state index in [1.54, 1.807) is 0 Å². The molecule has 0 amide bonds. The SMILES string of the molecule is O=[N+]([O-])[Si].[Ca].[Mg]. The molecule has 0 bridgehead atoms. The molecule has 0 atom stereocenters. The second-order valence-corrected chi connectivity index (χ2v) is 0.622. The predicted octanol–water partition coefficient (Wildman–Crippen LogP) is -1.42. The fraction of sp³-hybridized carbons (Fsp3) is 0. The van der Waals surface area contributed by atoms with Crippen LogP contribution in [0.15, 0.2) is 0 Å². The quantitative estimate of drug-likeness (QED) is 0.234. The van der Waals surface area contributed by atoms with Crippen molar-refractivity contribution in [1.82, 2.24) is 0 Å². The van der Waals surface area contributed by atoms with E-state index in [4.69, 9.17) is 10.1 Å². The average molecular weight is 138 g/mol. The van der Waals surface area contributed by atoms with Gasteiger partial charge in [-0.3, -0.25) is 10.1 Å². The first-order chi connectivity index (χ1) is 1.73. The van der Waals surface area contributed by atoms with E-state index >= 15 is 0 Å². The van der Waals surface area contributed by atoms with E-state index in [2.05, 4.69) is 0 Å². The van der Waals surface area contributed by atoms with Crippen LogP contribution >= 0.6 is 0 Å². The van der Waals surface area contributed by atoms with Gasteiger partial charge in [0.1, 0.15) is 0 Å². The Morgan fingerprint density at radius 3 is 1.67 bits per heavy atom. The van der Waals surface area contributed by atoms with E-state index in [9.17, 15) is 0 Å². The maximum atomic E-state index is 8.72. The van der Waals surface area contributed by atoms with Gasteiger partial charge in [-0.2, -0.15) is 0 Å². The van der Waals surface area contributed by atoms with Crippen molar-refractivity contribution in [2.24, 2.45) is 0 Å². The van der Waals surface area contributed by atoms with Crippen molar-refractivity contribution < 1.29 is 4.59 Å². The van der Waals surface area contributed by atoms with Gasteiger partial charge in [0.05, 0.1) is 0 Å². The zero-order valence-electron chi connectivity index (χ0n) is 3.18. The summed E-state index contributed by atoms with van der Waals surface area (Å²) >= 11 is 0. The molecule has 3 nitrogen and oxygen atoms in total. The third kappa shape index (κ3) is 45.1. The molecular weight excluding hydrogens is 138 g/mol.